The second-order valence-corrected chi connectivity index (χ2v) is 5.21. The summed E-state index contributed by atoms with van der Waals surface area (Å²) in [6.07, 6.45) is 6.82. The summed E-state index contributed by atoms with van der Waals surface area (Å²) >= 11 is 0. The number of amidine groups is 1. The molecule has 0 radical (unpaired) electrons. The van der Waals surface area contributed by atoms with Crippen LogP contribution in [0.15, 0.2) is 17.4 Å². The lowest BCUT2D eigenvalue weighted by atomic mass is 9.94. The van der Waals surface area contributed by atoms with E-state index in [4.69, 9.17) is 10.9 Å². The van der Waals surface area contributed by atoms with Crippen molar-refractivity contribution in [3.05, 3.63) is 27.9 Å². The molecular weight excluding hydrogens is 274 g/mol. The van der Waals surface area contributed by atoms with Crippen molar-refractivity contribution in [2.75, 3.05) is 11.9 Å². The van der Waals surface area contributed by atoms with Crippen molar-refractivity contribution < 1.29 is 10.1 Å². The molecule has 1 aliphatic rings. The van der Waals surface area contributed by atoms with Crippen molar-refractivity contribution in [1.82, 2.24) is 4.98 Å². The minimum Gasteiger partial charge on any atom is -0.409 e. The molecule has 0 amide bonds. The van der Waals surface area contributed by atoms with Gasteiger partial charge in [0.15, 0.2) is 5.84 Å². The number of anilines is 1. The highest BCUT2D eigenvalue weighted by Gasteiger charge is 2.24. The summed E-state index contributed by atoms with van der Waals surface area (Å²) in [6.45, 7) is 0. The molecule has 1 aromatic rings. The third-order valence-electron chi connectivity index (χ3n) is 3.90. The molecule has 0 saturated heterocycles. The number of aromatic nitrogens is 1. The minimum atomic E-state index is -0.550. The van der Waals surface area contributed by atoms with Crippen LogP contribution in [-0.2, 0) is 0 Å². The fraction of sp³-hybridized carbons (Fsp3) is 0.538. The van der Waals surface area contributed by atoms with Crippen LogP contribution >= 0.6 is 0 Å². The van der Waals surface area contributed by atoms with E-state index >= 15 is 0 Å². The van der Waals surface area contributed by atoms with Crippen LogP contribution in [-0.4, -0.2) is 34.0 Å². The highest BCUT2D eigenvalue weighted by molar-refractivity contribution is 6.01. The average molecular weight is 293 g/mol. The quantitative estimate of drug-likeness (QED) is 0.287. The summed E-state index contributed by atoms with van der Waals surface area (Å²) in [4.78, 5) is 16.4. The molecular formula is C13H19N5O3. The molecule has 1 aliphatic carbocycles. The van der Waals surface area contributed by atoms with Crippen LogP contribution in [0.2, 0.25) is 0 Å². The van der Waals surface area contributed by atoms with Gasteiger partial charge in [0.1, 0.15) is 12.0 Å². The number of oxime groups is 1. The number of nitrogens with two attached hydrogens (primary N) is 1. The Morgan fingerprint density at radius 1 is 1.52 bits per heavy atom. The number of pyridine rings is 1. The lowest BCUT2D eigenvalue weighted by Gasteiger charge is -2.32. The molecule has 2 rings (SSSR count). The Morgan fingerprint density at radius 2 is 2.19 bits per heavy atom. The number of hydrogen-bond acceptors (Lipinski definition) is 6. The molecule has 0 aliphatic heterocycles. The predicted molar refractivity (Wildman–Crippen MR) is 78.7 cm³/mol. The Bertz CT molecular complexity index is 555. The summed E-state index contributed by atoms with van der Waals surface area (Å²) < 4.78 is 0. The van der Waals surface area contributed by atoms with Gasteiger partial charge in [0.25, 0.3) is 5.69 Å². The van der Waals surface area contributed by atoms with Gasteiger partial charge >= 0.3 is 0 Å². The van der Waals surface area contributed by atoms with Crippen LogP contribution in [0.4, 0.5) is 11.5 Å². The summed E-state index contributed by atoms with van der Waals surface area (Å²) in [5.41, 5.74) is 5.74. The van der Waals surface area contributed by atoms with Crippen molar-refractivity contribution in [3.8, 4) is 0 Å². The lowest BCUT2D eigenvalue weighted by molar-refractivity contribution is -0.385. The van der Waals surface area contributed by atoms with E-state index in [9.17, 15) is 10.1 Å². The fourth-order valence-electron chi connectivity index (χ4n) is 2.71. The molecule has 8 heteroatoms. The van der Waals surface area contributed by atoms with E-state index in [1.807, 2.05) is 11.9 Å². The molecule has 0 atom stereocenters. The SMILES string of the molecule is CN(c1ncc([N+](=O)[O-])cc1C(N)=NO)C1CCCCC1. The maximum atomic E-state index is 10.9. The first-order chi connectivity index (χ1) is 10.0. The molecule has 1 aromatic heterocycles. The first-order valence-corrected chi connectivity index (χ1v) is 6.89. The van der Waals surface area contributed by atoms with Gasteiger partial charge in [0, 0.05) is 19.2 Å². The van der Waals surface area contributed by atoms with Crippen molar-refractivity contribution in [2.45, 2.75) is 38.1 Å². The standard InChI is InChI=1S/C13H19N5O3/c1-17(9-5-3-2-4-6-9)13-11(12(14)16-19)7-10(8-15-13)18(20)21/h7-9,19H,2-6H2,1H3,(H2,14,16). The summed E-state index contributed by atoms with van der Waals surface area (Å²) in [5.74, 6) is 0.326. The lowest BCUT2D eigenvalue weighted by Crippen LogP contribution is -2.35. The fourth-order valence-corrected chi connectivity index (χ4v) is 2.71. The smallest absolute Gasteiger partial charge is 0.288 e. The molecule has 0 spiro atoms. The van der Waals surface area contributed by atoms with E-state index in [0.29, 0.717) is 11.9 Å². The molecule has 1 heterocycles. The van der Waals surface area contributed by atoms with E-state index in [1.54, 1.807) is 0 Å². The van der Waals surface area contributed by atoms with E-state index in [0.717, 1.165) is 25.7 Å². The third kappa shape index (κ3) is 3.21. The molecule has 1 saturated carbocycles. The van der Waals surface area contributed by atoms with Crippen LogP contribution in [0.3, 0.4) is 0 Å². The zero-order valence-electron chi connectivity index (χ0n) is 11.9. The minimum absolute atomic E-state index is 0.177. The van der Waals surface area contributed by atoms with Crippen LogP contribution < -0.4 is 10.6 Å². The van der Waals surface area contributed by atoms with Gasteiger partial charge in [-0.05, 0) is 12.8 Å². The van der Waals surface area contributed by atoms with Crippen molar-refractivity contribution >= 4 is 17.3 Å². The monoisotopic (exact) mass is 293 g/mol. The molecule has 114 valence electrons. The second-order valence-electron chi connectivity index (χ2n) is 5.21. The summed E-state index contributed by atoms with van der Waals surface area (Å²) in [7, 11) is 1.89. The largest absolute Gasteiger partial charge is 0.409 e. The number of hydrogen-bond donors (Lipinski definition) is 2. The Kier molecular flexibility index (Phi) is 4.56. The van der Waals surface area contributed by atoms with E-state index in [1.165, 1.54) is 18.7 Å². The first kappa shape index (κ1) is 15.0. The molecule has 21 heavy (non-hydrogen) atoms. The van der Waals surface area contributed by atoms with Crippen molar-refractivity contribution in [1.29, 1.82) is 0 Å². The molecule has 8 nitrogen and oxygen atoms in total. The molecule has 0 aromatic carbocycles. The highest BCUT2D eigenvalue weighted by atomic mass is 16.6. The number of rotatable bonds is 4. The van der Waals surface area contributed by atoms with Gasteiger partial charge in [-0.1, -0.05) is 24.4 Å². The Hall–Kier alpha value is -2.38. The van der Waals surface area contributed by atoms with Crippen LogP contribution in [0, 0.1) is 10.1 Å². The van der Waals surface area contributed by atoms with Gasteiger partial charge in [-0.2, -0.15) is 0 Å². The zero-order valence-corrected chi connectivity index (χ0v) is 11.9. The average Bonchev–Trinajstić information content (AvgIpc) is 2.53. The Labute approximate surface area is 122 Å². The topological polar surface area (TPSA) is 118 Å². The number of nitrogens with zero attached hydrogens (tertiary/aromatic N) is 4. The summed E-state index contributed by atoms with van der Waals surface area (Å²) in [5, 5.41) is 22.7. The van der Waals surface area contributed by atoms with Gasteiger partial charge in [0.2, 0.25) is 0 Å². The van der Waals surface area contributed by atoms with Gasteiger partial charge in [-0.15, -0.1) is 0 Å². The molecule has 0 bridgehead atoms. The Balaban J connectivity index is 2.39. The van der Waals surface area contributed by atoms with E-state index < -0.39 is 4.92 Å². The van der Waals surface area contributed by atoms with Gasteiger partial charge < -0.3 is 15.8 Å². The van der Waals surface area contributed by atoms with E-state index in [2.05, 4.69) is 10.1 Å². The molecule has 1 fully saturated rings. The first-order valence-electron chi connectivity index (χ1n) is 6.89. The van der Waals surface area contributed by atoms with Crippen LogP contribution in [0.25, 0.3) is 0 Å². The van der Waals surface area contributed by atoms with Crippen molar-refractivity contribution in [3.63, 3.8) is 0 Å². The Morgan fingerprint density at radius 3 is 2.76 bits per heavy atom. The summed E-state index contributed by atoms with van der Waals surface area (Å²) in [6, 6.07) is 1.61. The van der Waals surface area contributed by atoms with Gasteiger partial charge in [0.05, 0.1) is 10.5 Å². The predicted octanol–water partition coefficient (Wildman–Crippen LogP) is 1.85. The molecule has 3 N–H and O–H groups in total. The zero-order chi connectivity index (χ0) is 15.4. The molecule has 0 unspecified atom stereocenters. The third-order valence-corrected chi connectivity index (χ3v) is 3.90. The normalized spacial score (nSPS) is 16.7. The maximum Gasteiger partial charge on any atom is 0.288 e. The number of nitro groups is 1. The van der Waals surface area contributed by atoms with Gasteiger partial charge in [-0.25, -0.2) is 4.98 Å². The van der Waals surface area contributed by atoms with Crippen LogP contribution in [0.5, 0.6) is 0 Å². The van der Waals surface area contributed by atoms with Crippen molar-refractivity contribution in [2.24, 2.45) is 10.9 Å². The van der Waals surface area contributed by atoms with E-state index in [-0.39, 0.29) is 17.1 Å². The highest BCUT2D eigenvalue weighted by Crippen LogP contribution is 2.28. The van der Waals surface area contributed by atoms with Gasteiger partial charge in [-0.3, -0.25) is 10.1 Å². The van der Waals surface area contributed by atoms with Crippen LogP contribution in [0.1, 0.15) is 37.7 Å². The second kappa shape index (κ2) is 6.38. The maximum absolute atomic E-state index is 10.9.